The molecule has 0 unspecified atom stereocenters. The zero-order valence-electron chi connectivity index (χ0n) is 14.0. The van der Waals surface area contributed by atoms with Gasteiger partial charge in [-0.2, -0.15) is 0 Å². The van der Waals surface area contributed by atoms with Crippen LogP contribution >= 0.6 is 11.6 Å². The van der Waals surface area contributed by atoms with Crippen molar-refractivity contribution in [2.75, 3.05) is 5.73 Å². The molecule has 2 N–H and O–H groups in total. The number of unbranched alkanes of at least 4 members (excludes halogenated alkanes) is 3. The Bertz CT molecular complexity index is 851. The van der Waals surface area contributed by atoms with Crippen LogP contribution in [0.4, 0.5) is 5.69 Å². The smallest absolute Gasteiger partial charge is 0.0567 e. The fourth-order valence-corrected chi connectivity index (χ4v) is 3.87. The molecule has 0 heterocycles. The summed E-state index contributed by atoms with van der Waals surface area (Å²) >= 11 is 6.75. The second kappa shape index (κ2) is 6.80. The van der Waals surface area contributed by atoms with Gasteiger partial charge in [0.25, 0.3) is 0 Å². The van der Waals surface area contributed by atoms with Crippen molar-refractivity contribution in [3.63, 3.8) is 0 Å². The molecule has 0 fully saturated rings. The first-order chi connectivity index (χ1) is 11.1. The van der Waals surface area contributed by atoms with Crippen molar-refractivity contribution < 1.29 is 0 Å². The summed E-state index contributed by atoms with van der Waals surface area (Å²) in [6.45, 7) is 4.42. The number of halogens is 1. The molecule has 0 aliphatic rings. The third kappa shape index (κ3) is 2.90. The van der Waals surface area contributed by atoms with Gasteiger partial charge in [0.2, 0.25) is 0 Å². The van der Waals surface area contributed by atoms with Gasteiger partial charge in [0.15, 0.2) is 0 Å². The van der Waals surface area contributed by atoms with Crippen LogP contribution in [0.1, 0.15) is 43.7 Å². The monoisotopic (exact) mass is 325 g/mol. The predicted octanol–water partition coefficient (Wildman–Crippen LogP) is 6.66. The number of hydrogen-bond acceptors (Lipinski definition) is 1. The third-order valence-corrected chi connectivity index (χ3v) is 5.23. The molecule has 0 aliphatic carbocycles. The van der Waals surface area contributed by atoms with Crippen molar-refractivity contribution >= 4 is 38.8 Å². The van der Waals surface area contributed by atoms with Gasteiger partial charge in [-0.25, -0.2) is 0 Å². The Morgan fingerprint density at radius 2 is 1.65 bits per heavy atom. The quantitative estimate of drug-likeness (QED) is 0.317. The van der Waals surface area contributed by atoms with Crippen LogP contribution < -0.4 is 5.73 Å². The van der Waals surface area contributed by atoms with Gasteiger partial charge >= 0.3 is 0 Å². The molecule has 3 aromatic rings. The predicted molar refractivity (Wildman–Crippen MR) is 103 cm³/mol. The van der Waals surface area contributed by atoms with Crippen LogP contribution in [0.3, 0.4) is 0 Å². The Hall–Kier alpha value is -1.73. The minimum Gasteiger partial charge on any atom is -0.398 e. The first-order valence-electron chi connectivity index (χ1n) is 8.53. The topological polar surface area (TPSA) is 26.0 Å². The molecule has 1 nitrogen and oxygen atoms in total. The Labute approximate surface area is 143 Å². The molecule has 0 spiro atoms. The van der Waals surface area contributed by atoms with Crippen LogP contribution in [0.25, 0.3) is 21.5 Å². The van der Waals surface area contributed by atoms with E-state index in [9.17, 15) is 0 Å². The molecule has 0 aromatic heterocycles. The SMILES string of the molecule is CCCCCCc1ccc2c(N)c3ccccc3c(Cl)c2c1C. The van der Waals surface area contributed by atoms with E-state index in [1.54, 1.807) is 0 Å². The first kappa shape index (κ1) is 16.1. The van der Waals surface area contributed by atoms with E-state index in [2.05, 4.69) is 32.0 Å². The standard InChI is InChI=1S/C21H24ClN/c1-3-4-5-6-9-15-12-13-18-19(14(15)2)20(22)16-10-7-8-11-17(16)21(18)23/h7-8,10-13H,3-6,9,23H2,1-2H3. The fraction of sp³-hybridized carbons (Fsp3) is 0.333. The minimum absolute atomic E-state index is 0.831. The number of nitrogen functional groups attached to an aromatic ring is 1. The van der Waals surface area contributed by atoms with Crippen LogP contribution in [-0.2, 0) is 6.42 Å². The molecule has 0 atom stereocenters. The number of anilines is 1. The normalized spacial score (nSPS) is 11.4. The largest absolute Gasteiger partial charge is 0.398 e. The number of aryl methyl sites for hydroxylation is 2. The van der Waals surface area contributed by atoms with E-state index >= 15 is 0 Å². The van der Waals surface area contributed by atoms with Crippen LogP contribution in [-0.4, -0.2) is 0 Å². The molecule has 0 bridgehead atoms. The summed E-state index contributed by atoms with van der Waals surface area (Å²) in [5.41, 5.74) is 9.93. The number of benzene rings is 3. The lowest BCUT2D eigenvalue weighted by molar-refractivity contribution is 0.666. The lowest BCUT2D eigenvalue weighted by Gasteiger charge is -2.15. The van der Waals surface area contributed by atoms with Crippen LogP contribution in [0, 0.1) is 6.92 Å². The number of hydrogen-bond donors (Lipinski definition) is 1. The van der Waals surface area contributed by atoms with Gasteiger partial charge in [-0.1, -0.05) is 74.2 Å². The minimum atomic E-state index is 0.831. The maximum absolute atomic E-state index is 6.75. The van der Waals surface area contributed by atoms with E-state index < -0.39 is 0 Å². The summed E-state index contributed by atoms with van der Waals surface area (Å²) < 4.78 is 0. The lowest BCUT2D eigenvalue weighted by Crippen LogP contribution is -1.96. The van der Waals surface area contributed by atoms with Crippen molar-refractivity contribution in [3.8, 4) is 0 Å². The molecule has 120 valence electrons. The lowest BCUT2D eigenvalue weighted by atomic mass is 9.93. The third-order valence-electron chi connectivity index (χ3n) is 4.84. The second-order valence-electron chi connectivity index (χ2n) is 6.36. The second-order valence-corrected chi connectivity index (χ2v) is 6.73. The van der Waals surface area contributed by atoms with E-state index in [-0.39, 0.29) is 0 Å². The number of rotatable bonds is 5. The van der Waals surface area contributed by atoms with Gasteiger partial charge in [0.05, 0.1) is 5.02 Å². The van der Waals surface area contributed by atoms with E-state index in [4.69, 9.17) is 17.3 Å². The van der Waals surface area contributed by atoms with Crippen molar-refractivity contribution in [2.45, 2.75) is 46.0 Å². The summed E-state index contributed by atoms with van der Waals surface area (Å²) in [5.74, 6) is 0. The van der Waals surface area contributed by atoms with Crippen LogP contribution in [0.15, 0.2) is 36.4 Å². The summed E-state index contributed by atoms with van der Waals surface area (Å²) in [4.78, 5) is 0. The summed E-state index contributed by atoms with van der Waals surface area (Å²) in [6.07, 6.45) is 6.23. The molecule has 0 saturated carbocycles. The fourth-order valence-electron chi connectivity index (χ4n) is 3.46. The summed E-state index contributed by atoms with van der Waals surface area (Å²) in [5, 5.41) is 5.11. The highest BCUT2D eigenvalue weighted by Crippen LogP contribution is 2.40. The van der Waals surface area contributed by atoms with Crippen molar-refractivity contribution in [1.29, 1.82) is 0 Å². The molecular weight excluding hydrogens is 302 g/mol. The molecule has 0 radical (unpaired) electrons. The van der Waals surface area contributed by atoms with E-state index in [0.29, 0.717) is 0 Å². The van der Waals surface area contributed by atoms with E-state index in [1.165, 1.54) is 36.8 Å². The molecule has 0 aliphatic heterocycles. The molecular formula is C21H24ClN. The van der Waals surface area contributed by atoms with Crippen molar-refractivity contribution in [3.05, 3.63) is 52.5 Å². The molecule has 0 saturated heterocycles. The Morgan fingerprint density at radius 1 is 0.913 bits per heavy atom. The van der Waals surface area contributed by atoms with E-state index in [1.807, 2.05) is 18.2 Å². The average molecular weight is 326 g/mol. The van der Waals surface area contributed by atoms with Crippen molar-refractivity contribution in [2.24, 2.45) is 0 Å². The number of fused-ring (bicyclic) bond motifs is 2. The van der Waals surface area contributed by atoms with Gasteiger partial charge in [-0.15, -0.1) is 0 Å². The van der Waals surface area contributed by atoms with Gasteiger partial charge in [-0.3, -0.25) is 0 Å². The van der Waals surface area contributed by atoms with Gasteiger partial charge in [0, 0.05) is 27.2 Å². The maximum atomic E-state index is 6.75. The highest BCUT2D eigenvalue weighted by Gasteiger charge is 2.14. The van der Waals surface area contributed by atoms with Gasteiger partial charge in [-0.05, 0) is 30.9 Å². The van der Waals surface area contributed by atoms with Gasteiger partial charge in [0.1, 0.15) is 0 Å². The molecule has 0 amide bonds. The zero-order valence-corrected chi connectivity index (χ0v) is 14.7. The van der Waals surface area contributed by atoms with Crippen LogP contribution in [0.2, 0.25) is 5.02 Å². The van der Waals surface area contributed by atoms with Gasteiger partial charge < -0.3 is 5.73 Å². The number of nitrogens with two attached hydrogens (primary N) is 1. The molecule has 3 rings (SSSR count). The molecule has 23 heavy (non-hydrogen) atoms. The maximum Gasteiger partial charge on any atom is 0.0567 e. The van der Waals surface area contributed by atoms with Crippen LogP contribution in [0.5, 0.6) is 0 Å². The average Bonchev–Trinajstić information content (AvgIpc) is 2.57. The highest BCUT2D eigenvalue weighted by molar-refractivity contribution is 6.42. The van der Waals surface area contributed by atoms with Crippen molar-refractivity contribution in [1.82, 2.24) is 0 Å². The highest BCUT2D eigenvalue weighted by atomic mass is 35.5. The Morgan fingerprint density at radius 3 is 2.39 bits per heavy atom. The molecule has 2 heteroatoms. The summed E-state index contributed by atoms with van der Waals surface area (Å²) in [7, 11) is 0. The summed E-state index contributed by atoms with van der Waals surface area (Å²) in [6, 6.07) is 12.5. The molecule has 3 aromatic carbocycles. The zero-order chi connectivity index (χ0) is 16.4. The first-order valence-corrected chi connectivity index (χ1v) is 8.90. The Balaban J connectivity index is 2.13. The van der Waals surface area contributed by atoms with E-state index in [0.717, 1.165) is 38.7 Å². The Kier molecular flexibility index (Phi) is 4.77.